The molecule has 0 aliphatic carbocycles. The molecule has 0 saturated heterocycles. The average Bonchev–Trinajstić information content (AvgIpc) is 3.26. The van der Waals surface area contributed by atoms with E-state index in [9.17, 15) is 19.2 Å². The summed E-state index contributed by atoms with van der Waals surface area (Å²) in [4.78, 5) is 57.4. The summed E-state index contributed by atoms with van der Waals surface area (Å²) in [6, 6.07) is 21.7. The lowest BCUT2D eigenvalue weighted by molar-refractivity contribution is -0.132. The molecule has 4 aromatic rings. The van der Waals surface area contributed by atoms with Crippen LogP contribution >= 0.6 is 13.5 Å². The van der Waals surface area contributed by atoms with E-state index in [0.29, 0.717) is 57.0 Å². The van der Waals surface area contributed by atoms with Crippen LogP contribution in [0, 0.1) is 11.8 Å². The van der Waals surface area contributed by atoms with Gasteiger partial charge in [0.2, 0.25) is 17.7 Å². The maximum atomic E-state index is 14.0. The van der Waals surface area contributed by atoms with Gasteiger partial charge in [0.15, 0.2) is 5.96 Å². The molecule has 0 radical (unpaired) electrons. The van der Waals surface area contributed by atoms with Crippen LogP contribution in [0.25, 0.3) is 32.7 Å². The average molecular weight is 945 g/mol. The third-order valence-electron chi connectivity index (χ3n) is 10.8. The number of alkyl carbamates (subject to hydrolysis) is 1. The van der Waals surface area contributed by atoms with Crippen LogP contribution < -0.4 is 47.5 Å². The number of nitrogens with two attached hydrogens (primary N) is 2. The van der Waals surface area contributed by atoms with Gasteiger partial charge in [-0.05, 0) is 111 Å². The van der Waals surface area contributed by atoms with E-state index in [0.717, 1.165) is 44.8 Å². The molecule has 0 bridgehead atoms. The Morgan fingerprint density at radius 3 is 1.73 bits per heavy atom. The maximum absolute atomic E-state index is 14.0. The van der Waals surface area contributed by atoms with Crippen molar-refractivity contribution in [1.82, 2.24) is 26.6 Å². The number of carbonyl (C=O) groups excluding carboxylic acids is 4. The van der Waals surface area contributed by atoms with E-state index < -0.39 is 47.5 Å². The van der Waals surface area contributed by atoms with Crippen molar-refractivity contribution in [3.63, 3.8) is 0 Å². The summed E-state index contributed by atoms with van der Waals surface area (Å²) >= 11 is 0. The van der Waals surface area contributed by atoms with E-state index in [-0.39, 0.29) is 51.4 Å². The molecule has 0 heterocycles. The molecule has 0 spiro atoms. The van der Waals surface area contributed by atoms with Crippen molar-refractivity contribution in [2.45, 2.75) is 117 Å². The van der Waals surface area contributed by atoms with Gasteiger partial charge in [-0.15, -0.1) is 0 Å². The van der Waals surface area contributed by atoms with Gasteiger partial charge in [-0.1, -0.05) is 88.4 Å². The number of carbonyl (C=O) groups is 4. The fourth-order valence-corrected chi connectivity index (χ4v) is 7.41. The van der Waals surface area contributed by atoms with Crippen LogP contribution in [0.2, 0.25) is 0 Å². The van der Waals surface area contributed by atoms with E-state index in [4.69, 9.17) is 25.7 Å². The van der Waals surface area contributed by atoms with Gasteiger partial charge in [-0.2, -0.15) is 13.5 Å². The molecule has 16 heteroatoms. The highest BCUT2D eigenvalue weighted by Gasteiger charge is 2.28. The second-order valence-corrected chi connectivity index (χ2v) is 18.5. The van der Waals surface area contributed by atoms with Crippen molar-refractivity contribution in [2.24, 2.45) is 28.3 Å². The van der Waals surface area contributed by atoms with E-state index in [1.54, 1.807) is 27.8 Å². The van der Waals surface area contributed by atoms with Crippen LogP contribution in [0.15, 0.2) is 77.8 Å². The molecule has 4 amide bonds. The number of hydrogen-bond acceptors (Lipinski definition) is 9. The lowest BCUT2D eigenvalue weighted by Gasteiger charge is -2.25. The Kier molecular flexibility index (Phi) is 23.1. The van der Waals surface area contributed by atoms with Crippen LogP contribution in [0.4, 0.5) is 4.79 Å². The Morgan fingerprint density at radius 2 is 1.16 bits per heavy atom. The van der Waals surface area contributed by atoms with Crippen molar-refractivity contribution in [1.29, 1.82) is 0 Å². The second-order valence-electron chi connectivity index (χ2n) is 18.5. The molecule has 4 rings (SSSR count). The highest BCUT2D eigenvalue weighted by Crippen LogP contribution is 2.45. The summed E-state index contributed by atoms with van der Waals surface area (Å²) in [6.45, 7) is 15.2. The van der Waals surface area contributed by atoms with Gasteiger partial charge in [0, 0.05) is 31.3 Å². The number of ether oxygens (including phenoxy) is 3. The summed E-state index contributed by atoms with van der Waals surface area (Å²) in [6.07, 6.45) is 2.75. The number of unbranched alkanes of at least 4 members (excludes halogenated alkanes) is 1. The molecule has 0 saturated carbocycles. The molecule has 4 aromatic carbocycles. The quantitative estimate of drug-likeness (QED) is 0.0204. The molecule has 9 N–H and O–H groups in total. The fraction of sp³-hybridized carbons (Fsp3) is 0.510. The summed E-state index contributed by atoms with van der Waals surface area (Å²) in [7, 11) is 1.56. The molecule has 368 valence electrons. The minimum absolute atomic E-state index is 0. The SMILES string of the molecule is CN=C(N)NCCC[C@@H](NC(=O)[C@H](N)CC(C)C)C(=O)N[C@H](CCCCNC(=O)OC(C)(C)C)C(=O)NCCOc1ccc2ccccc2c1-c1c(OCCC(C)C)ccc2ccccc12.S. The Bertz CT molecular complexity index is 2250. The van der Waals surface area contributed by atoms with Crippen LogP contribution in [-0.2, 0) is 19.1 Å². The first kappa shape index (κ1) is 55.6. The minimum atomic E-state index is -0.982. The summed E-state index contributed by atoms with van der Waals surface area (Å²) in [5.74, 6) is 0.882. The van der Waals surface area contributed by atoms with Gasteiger partial charge in [-0.3, -0.25) is 19.4 Å². The Hall–Kier alpha value is -5.74. The van der Waals surface area contributed by atoms with E-state index in [1.807, 2.05) is 56.3 Å². The molecule has 0 fully saturated rings. The molecule has 0 aliphatic heterocycles. The van der Waals surface area contributed by atoms with Crippen LogP contribution in [-0.4, -0.2) is 93.4 Å². The Morgan fingerprint density at radius 1 is 0.627 bits per heavy atom. The zero-order valence-corrected chi connectivity index (χ0v) is 41.8. The first-order chi connectivity index (χ1) is 31.5. The number of guanidine groups is 1. The number of fused-ring (bicyclic) bond motifs is 2. The highest BCUT2D eigenvalue weighted by atomic mass is 32.1. The molecule has 0 aromatic heterocycles. The smallest absolute Gasteiger partial charge is 0.407 e. The summed E-state index contributed by atoms with van der Waals surface area (Å²) in [5, 5.41) is 18.5. The molecule has 3 atom stereocenters. The molecular weight excluding hydrogens is 869 g/mol. The molecule has 0 aliphatic rings. The molecule has 15 nitrogen and oxygen atoms in total. The van der Waals surface area contributed by atoms with E-state index >= 15 is 0 Å². The molecular formula is C51H76N8O7S. The lowest BCUT2D eigenvalue weighted by atomic mass is 9.92. The topological polar surface area (TPSA) is 221 Å². The van der Waals surface area contributed by atoms with Gasteiger partial charge >= 0.3 is 6.09 Å². The largest absolute Gasteiger partial charge is 0.493 e. The van der Waals surface area contributed by atoms with Gasteiger partial charge < -0.3 is 52.3 Å². The number of nitrogens with one attached hydrogen (secondary N) is 5. The number of aliphatic imine (C=N–C) groups is 1. The first-order valence-corrected chi connectivity index (χ1v) is 23.3. The Balaban J connectivity index is 0.0000119. The predicted octanol–water partition coefficient (Wildman–Crippen LogP) is 7.05. The third kappa shape index (κ3) is 18.5. The van der Waals surface area contributed by atoms with Crippen molar-refractivity contribution in [2.75, 3.05) is 39.9 Å². The van der Waals surface area contributed by atoms with Gasteiger partial charge in [0.25, 0.3) is 0 Å². The van der Waals surface area contributed by atoms with Crippen molar-refractivity contribution in [3.8, 4) is 22.6 Å². The predicted molar refractivity (Wildman–Crippen MR) is 275 cm³/mol. The summed E-state index contributed by atoms with van der Waals surface area (Å²) in [5.41, 5.74) is 13.2. The number of hydrogen-bond donors (Lipinski definition) is 7. The number of nitrogens with zero attached hydrogens (tertiary/aromatic N) is 1. The van der Waals surface area contributed by atoms with E-state index in [1.165, 1.54) is 0 Å². The van der Waals surface area contributed by atoms with Gasteiger partial charge in [-0.25, -0.2) is 4.79 Å². The van der Waals surface area contributed by atoms with Gasteiger partial charge in [0.05, 0.1) is 19.2 Å². The van der Waals surface area contributed by atoms with Crippen LogP contribution in [0.3, 0.4) is 0 Å². The number of benzene rings is 4. The zero-order chi connectivity index (χ0) is 48.2. The normalized spacial score (nSPS) is 13.0. The van der Waals surface area contributed by atoms with Crippen LogP contribution in [0.1, 0.15) is 93.4 Å². The van der Waals surface area contributed by atoms with Crippen molar-refractivity contribution >= 4 is 64.8 Å². The standard InChI is InChI=1S/C51H74N8O7.H2S/c1-33(2)26-30-64-42-24-22-35-16-9-11-18-37(35)44(42)45-38-19-12-10-17-36(38)23-25-43(45)65-31-29-55-47(61)40(20-13-14-27-57-50(63)66-51(5,6)7)59-48(62)41(21-15-28-56-49(53)54-8)58-46(60)39(52)32-34(3)4;/h9-12,16-19,22-25,33-34,39-41H,13-15,20-21,26-32,52H2,1-8H3,(H,55,61)(H,57,63)(H,58,60)(H,59,62)(H3,53,54,56);1H2/t39-,40-,41-;/m1./s1. The minimum Gasteiger partial charge on any atom is -0.493 e. The number of rotatable bonds is 25. The lowest BCUT2D eigenvalue weighted by Crippen LogP contribution is -2.56. The van der Waals surface area contributed by atoms with Gasteiger partial charge in [0.1, 0.15) is 35.8 Å². The van der Waals surface area contributed by atoms with E-state index in [2.05, 4.69) is 75.8 Å². The molecule has 67 heavy (non-hydrogen) atoms. The molecule has 0 unspecified atom stereocenters. The second kappa shape index (κ2) is 27.8. The zero-order valence-electron chi connectivity index (χ0n) is 40.8. The monoisotopic (exact) mass is 945 g/mol. The van der Waals surface area contributed by atoms with Crippen LogP contribution in [0.5, 0.6) is 11.5 Å². The first-order valence-electron chi connectivity index (χ1n) is 23.3. The van der Waals surface area contributed by atoms with Crippen molar-refractivity contribution < 1.29 is 33.4 Å². The maximum Gasteiger partial charge on any atom is 0.407 e. The third-order valence-corrected chi connectivity index (χ3v) is 10.8. The van der Waals surface area contributed by atoms with Crippen molar-refractivity contribution in [3.05, 3.63) is 72.8 Å². The number of amides is 4. The fourth-order valence-electron chi connectivity index (χ4n) is 7.41. The Labute approximate surface area is 404 Å². The highest BCUT2D eigenvalue weighted by molar-refractivity contribution is 7.59. The summed E-state index contributed by atoms with van der Waals surface area (Å²) < 4.78 is 18.4.